The van der Waals surface area contributed by atoms with Crippen molar-refractivity contribution in [2.24, 2.45) is 0 Å². The molecule has 2 rings (SSSR count). The van der Waals surface area contributed by atoms with Crippen molar-refractivity contribution in [3.8, 4) is 0 Å². The van der Waals surface area contributed by atoms with Crippen molar-refractivity contribution in [2.75, 3.05) is 23.7 Å². The van der Waals surface area contributed by atoms with Gasteiger partial charge >= 0.3 is 0 Å². The summed E-state index contributed by atoms with van der Waals surface area (Å²) in [6.45, 7) is 5.30. The first-order chi connectivity index (χ1) is 9.79. The van der Waals surface area contributed by atoms with Crippen molar-refractivity contribution < 1.29 is 0 Å². The minimum absolute atomic E-state index is 0.593. The molecule has 2 N–H and O–H groups in total. The summed E-state index contributed by atoms with van der Waals surface area (Å²) in [6.07, 6.45) is 5.45. The summed E-state index contributed by atoms with van der Waals surface area (Å²) in [6, 6.07) is 12.5. The fourth-order valence-electron chi connectivity index (χ4n) is 2.28. The van der Waals surface area contributed by atoms with E-state index in [1.54, 1.807) is 0 Å². The Kier molecular flexibility index (Phi) is 5.47. The van der Waals surface area contributed by atoms with E-state index >= 15 is 0 Å². The fourth-order valence-corrected chi connectivity index (χ4v) is 2.28. The number of aromatic nitrogens is 2. The maximum atomic E-state index is 5.62. The molecule has 108 valence electrons. The lowest BCUT2D eigenvalue weighted by molar-refractivity contribution is 0.567. The molecule has 0 amide bonds. The van der Waals surface area contributed by atoms with E-state index in [-0.39, 0.29) is 0 Å². The molecule has 1 aromatic carbocycles. The number of nitrogens with two attached hydrogens (primary N) is 1. The molecule has 1 heterocycles. The Bertz CT molecular complexity index is 492. The van der Waals surface area contributed by atoms with Gasteiger partial charge in [-0.25, -0.2) is 0 Å². The van der Waals surface area contributed by atoms with E-state index in [0.717, 1.165) is 26.1 Å². The second-order valence-corrected chi connectivity index (χ2v) is 5.03. The number of unbranched alkanes of at least 4 members (excludes halogenated alkanes) is 1. The van der Waals surface area contributed by atoms with Crippen molar-refractivity contribution in [3.05, 3.63) is 42.6 Å². The molecule has 2 aromatic rings. The van der Waals surface area contributed by atoms with Gasteiger partial charge in [-0.2, -0.15) is 5.10 Å². The van der Waals surface area contributed by atoms with Crippen molar-refractivity contribution >= 4 is 11.5 Å². The van der Waals surface area contributed by atoms with Crippen LogP contribution in [0.15, 0.2) is 42.6 Å². The summed E-state index contributed by atoms with van der Waals surface area (Å²) in [5, 5.41) is 4.22. The van der Waals surface area contributed by atoms with Gasteiger partial charge in [0.15, 0.2) is 0 Å². The van der Waals surface area contributed by atoms with E-state index in [9.17, 15) is 0 Å². The first-order valence-corrected chi connectivity index (χ1v) is 7.38. The number of para-hydroxylation sites is 1. The molecule has 0 fully saturated rings. The first-order valence-electron chi connectivity index (χ1n) is 7.38. The van der Waals surface area contributed by atoms with Crippen molar-refractivity contribution in [2.45, 2.75) is 32.7 Å². The Morgan fingerprint density at radius 1 is 1.10 bits per heavy atom. The zero-order chi connectivity index (χ0) is 14.2. The van der Waals surface area contributed by atoms with Gasteiger partial charge in [-0.05, 0) is 31.0 Å². The van der Waals surface area contributed by atoms with Crippen LogP contribution in [0.4, 0.5) is 11.5 Å². The van der Waals surface area contributed by atoms with Gasteiger partial charge in [0, 0.05) is 31.5 Å². The second-order valence-electron chi connectivity index (χ2n) is 5.03. The van der Waals surface area contributed by atoms with E-state index in [1.165, 1.54) is 18.5 Å². The zero-order valence-electron chi connectivity index (χ0n) is 12.2. The highest BCUT2D eigenvalue weighted by Gasteiger charge is 2.05. The standard InChI is InChI=1S/C16H24N4/c1-2-3-11-19(15-8-5-4-6-9-15)12-7-13-20-14-10-16(17)18-20/h4-6,8-10,14H,2-3,7,11-13H2,1H3,(H2,17,18). The van der Waals surface area contributed by atoms with Crippen LogP contribution in [0.2, 0.25) is 0 Å². The number of nitrogens with zero attached hydrogens (tertiary/aromatic N) is 3. The van der Waals surface area contributed by atoms with Crippen molar-refractivity contribution in [1.82, 2.24) is 9.78 Å². The van der Waals surface area contributed by atoms with E-state index in [0.29, 0.717) is 5.82 Å². The van der Waals surface area contributed by atoms with Crippen molar-refractivity contribution in [3.63, 3.8) is 0 Å². The molecule has 1 aromatic heterocycles. The summed E-state index contributed by atoms with van der Waals surface area (Å²) >= 11 is 0. The number of nitrogen functional groups attached to an aromatic ring is 1. The molecule has 0 atom stereocenters. The van der Waals surface area contributed by atoms with Crippen LogP contribution in [0.1, 0.15) is 26.2 Å². The number of rotatable bonds is 8. The van der Waals surface area contributed by atoms with E-state index in [1.807, 2.05) is 16.9 Å². The van der Waals surface area contributed by atoms with Crippen molar-refractivity contribution in [1.29, 1.82) is 0 Å². The third-order valence-corrected chi connectivity index (χ3v) is 3.38. The van der Waals surface area contributed by atoms with Gasteiger partial charge < -0.3 is 10.6 Å². The molecule has 0 aliphatic rings. The summed E-state index contributed by atoms with van der Waals surface area (Å²) in [7, 11) is 0. The van der Waals surface area contributed by atoms with E-state index < -0.39 is 0 Å². The molecule has 0 saturated carbocycles. The van der Waals surface area contributed by atoms with Crippen LogP contribution in [-0.2, 0) is 6.54 Å². The molecular formula is C16H24N4. The molecule has 0 spiro atoms. The van der Waals surface area contributed by atoms with Gasteiger partial charge in [0.25, 0.3) is 0 Å². The molecule has 0 saturated heterocycles. The number of hydrogen-bond acceptors (Lipinski definition) is 3. The van der Waals surface area contributed by atoms with Crippen LogP contribution in [0.25, 0.3) is 0 Å². The van der Waals surface area contributed by atoms with Gasteiger partial charge in [-0.1, -0.05) is 31.5 Å². The average Bonchev–Trinajstić information content (AvgIpc) is 2.89. The number of benzene rings is 1. The van der Waals surface area contributed by atoms with Crippen LogP contribution in [0.3, 0.4) is 0 Å². The summed E-state index contributed by atoms with van der Waals surface area (Å²) in [5.74, 6) is 0.593. The smallest absolute Gasteiger partial charge is 0.145 e. The summed E-state index contributed by atoms with van der Waals surface area (Å²) < 4.78 is 1.92. The molecule has 20 heavy (non-hydrogen) atoms. The summed E-state index contributed by atoms with van der Waals surface area (Å²) in [4.78, 5) is 2.45. The van der Waals surface area contributed by atoms with Gasteiger partial charge in [0.2, 0.25) is 0 Å². The van der Waals surface area contributed by atoms with Crippen LogP contribution in [0.5, 0.6) is 0 Å². The predicted octanol–water partition coefficient (Wildman–Crippen LogP) is 3.16. The monoisotopic (exact) mass is 272 g/mol. The Labute approximate surface area is 121 Å². The maximum Gasteiger partial charge on any atom is 0.145 e. The molecule has 0 radical (unpaired) electrons. The highest BCUT2D eigenvalue weighted by Crippen LogP contribution is 2.14. The molecule has 4 nitrogen and oxygen atoms in total. The van der Waals surface area contributed by atoms with E-state index in [2.05, 4.69) is 47.3 Å². The van der Waals surface area contributed by atoms with Crippen LogP contribution in [0, 0.1) is 0 Å². The first kappa shape index (κ1) is 14.4. The molecule has 0 aliphatic carbocycles. The second kappa shape index (κ2) is 7.58. The SMILES string of the molecule is CCCCN(CCCn1ccc(N)n1)c1ccccc1. The van der Waals surface area contributed by atoms with Crippen LogP contribution < -0.4 is 10.6 Å². The molecule has 0 bridgehead atoms. The highest BCUT2D eigenvalue weighted by atomic mass is 15.3. The summed E-state index contributed by atoms with van der Waals surface area (Å²) in [5.41, 5.74) is 6.93. The largest absolute Gasteiger partial charge is 0.382 e. The van der Waals surface area contributed by atoms with Gasteiger partial charge in [-0.3, -0.25) is 4.68 Å². The van der Waals surface area contributed by atoms with Crippen LogP contribution in [-0.4, -0.2) is 22.9 Å². The minimum Gasteiger partial charge on any atom is -0.382 e. The number of anilines is 2. The number of aryl methyl sites for hydroxylation is 1. The zero-order valence-corrected chi connectivity index (χ0v) is 12.2. The average molecular weight is 272 g/mol. The Balaban J connectivity index is 1.87. The Morgan fingerprint density at radius 3 is 2.50 bits per heavy atom. The highest BCUT2D eigenvalue weighted by molar-refractivity contribution is 5.45. The Morgan fingerprint density at radius 2 is 1.85 bits per heavy atom. The quantitative estimate of drug-likeness (QED) is 0.803. The lowest BCUT2D eigenvalue weighted by atomic mass is 10.2. The van der Waals surface area contributed by atoms with E-state index in [4.69, 9.17) is 5.73 Å². The molecular weight excluding hydrogens is 248 g/mol. The fraction of sp³-hybridized carbons (Fsp3) is 0.438. The predicted molar refractivity (Wildman–Crippen MR) is 84.8 cm³/mol. The third kappa shape index (κ3) is 4.30. The number of hydrogen-bond donors (Lipinski definition) is 1. The van der Waals surface area contributed by atoms with Gasteiger partial charge in [0.05, 0.1) is 0 Å². The Hall–Kier alpha value is -1.97. The maximum absolute atomic E-state index is 5.62. The lowest BCUT2D eigenvalue weighted by Crippen LogP contribution is -2.26. The molecule has 0 unspecified atom stereocenters. The minimum atomic E-state index is 0.593. The van der Waals surface area contributed by atoms with Crippen LogP contribution >= 0.6 is 0 Å². The third-order valence-electron chi connectivity index (χ3n) is 3.38. The normalized spacial score (nSPS) is 10.7. The molecule has 4 heteroatoms. The molecule has 0 aliphatic heterocycles. The lowest BCUT2D eigenvalue weighted by Gasteiger charge is -2.24. The topological polar surface area (TPSA) is 47.1 Å². The van der Waals surface area contributed by atoms with Gasteiger partial charge in [0.1, 0.15) is 5.82 Å². The van der Waals surface area contributed by atoms with Gasteiger partial charge in [-0.15, -0.1) is 0 Å².